The molecule has 1 N–H and O–H groups in total. The molecule has 2 amide bonds. The maximum atomic E-state index is 12.7. The van der Waals surface area contributed by atoms with Gasteiger partial charge in [0.1, 0.15) is 11.5 Å². The number of nitrogens with one attached hydrogen (secondary N) is 1. The second kappa shape index (κ2) is 8.46. The molecule has 0 bridgehead atoms. The Hall–Kier alpha value is -3.16. The predicted molar refractivity (Wildman–Crippen MR) is 117 cm³/mol. The fourth-order valence-corrected chi connectivity index (χ4v) is 3.99. The lowest BCUT2D eigenvalue weighted by Gasteiger charge is -2.15. The Morgan fingerprint density at radius 3 is 2.45 bits per heavy atom. The molecule has 1 aromatic heterocycles. The van der Waals surface area contributed by atoms with Crippen molar-refractivity contribution in [2.75, 3.05) is 0 Å². The van der Waals surface area contributed by atoms with Crippen LogP contribution in [0.5, 0.6) is 0 Å². The summed E-state index contributed by atoms with van der Waals surface area (Å²) in [6.45, 7) is 0. The molecule has 0 unspecified atom stereocenters. The molecule has 5 nitrogen and oxygen atoms in total. The van der Waals surface area contributed by atoms with Crippen molar-refractivity contribution in [2.24, 2.45) is 0 Å². The molecular formula is C22H16N2O3S2. The van der Waals surface area contributed by atoms with Crippen LogP contribution in [-0.4, -0.2) is 21.1 Å². The minimum atomic E-state index is -0.376. The average Bonchev–Trinajstić information content (AvgIpc) is 3.30. The number of thiocarbonyl (C=S) groups is 1. The number of furan rings is 1. The van der Waals surface area contributed by atoms with Gasteiger partial charge in [0.25, 0.3) is 5.91 Å². The monoisotopic (exact) mass is 420 g/mol. The van der Waals surface area contributed by atoms with E-state index in [9.17, 15) is 9.59 Å². The zero-order valence-electron chi connectivity index (χ0n) is 15.2. The van der Waals surface area contributed by atoms with Crippen LogP contribution in [0.3, 0.4) is 0 Å². The van der Waals surface area contributed by atoms with Crippen LogP contribution in [0.25, 0.3) is 17.4 Å². The molecule has 7 heteroatoms. The molecule has 1 fully saturated rings. The van der Waals surface area contributed by atoms with Gasteiger partial charge in [-0.25, -0.2) is 0 Å². The van der Waals surface area contributed by atoms with Crippen LogP contribution in [-0.2, 0) is 16.0 Å². The molecule has 0 atom stereocenters. The van der Waals surface area contributed by atoms with Crippen LogP contribution in [0, 0.1) is 0 Å². The van der Waals surface area contributed by atoms with Gasteiger partial charge in [0.05, 0.1) is 11.3 Å². The van der Waals surface area contributed by atoms with E-state index in [1.165, 1.54) is 0 Å². The molecule has 0 aliphatic carbocycles. The van der Waals surface area contributed by atoms with Gasteiger partial charge in [0, 0.05) is 11.6 Å². The number of hydrogen-bond donors (Lipinski definition) is 1. The molecule has 3 aromatic rings. The quantitative estimate of drug-likeness (QED) is 0.489. The van der Waals surface area contributed by atoms with Gasteiger partial charge in [0.15, 0.2) is 4.32 Å². The Kier molecular flexibility index (Phi) is 5.59. The summed E-state index contributed by atoms with van der Waals surface area (Å²) in [5.41, 5.74) is 4.39. The first-order valence-electron chi connectivity index (χ1n) is 8.87. The summed E-state index contributed by atoms with van der Waals surface area (Å²) in [4.78, 5) is 25.3. The number of carbonyl (C=O) groups is 2. The van der Waals surface area contributed by atoms with Gasteiger partial charge in [-0.2, -0.15) is 5.01 Å². The first-order chi connectivity index (χ1) is 14.1. The molecular weight excluding hydrogens is 404 g/mol. The Morgan fingerprint density at radius 2 is 1.72 bits per heavy atom. The van der Waals surface area contributed by atoms with E-state index in [2.05, 4.69) is 5.43 Å². The number of thioether (sulfide) groups is 1. The van der Waals surface area contributed by atoms with Gasteiger partial charge in [-0.15, -0.1) is 0 Å². The Labute approximate surface area is 177 Å². The van der Waals surface area contributed by atoms with Gasteiger partial charge in [-0.05, 0) is 29.9 Å². The van der Waals surface area contributed by atoms with Crippen LogP contribution in [0.4, 0.5) is 0 Å². The lowest BCUT2D eigenvalue weighted by Crippen LogP contribution is -2.45. The summed E-state index contributed by atoms with van der Waals surface area (Å²) in [6.07, 6.45) is 1.80. The molecule has 1 aliphatic rings. The van der Waals surface area contributed by atoms with E-state index in [1.807, 2.05) is 66.7 Å². The maximum Gasteiger partial charge on any atom is 0.285 e. The molecule has 29 heavy (non-hydrogen) atoms. The van der Waals surface area contributed by atoms with Crippen LogP contribution in [0.1, 0.15) is 11.3 Å². The third-order valence-corrected chi connectivity index (χ3v) is 5.50. The van der Waals surface area contributed by atoms with Crippen molar-refractivity contribution in [3.05, 3.63) is 89.0 Å². The Bertz CT molecular complexity index is 1090. The minimum absolute atomic E-state index is 0.162. The fraction of sp³-hybridized carbons (Fsp3) is 0.0455. The second-order valence-corrected chi connectivity index (χ2v) is 7.96. The highest BCUT2D eigenvalue weighted by Gasteiger charge is 2.33. The number of rotatable bonds is 5. The molecule has 0 radical (unpaired) electrons. The van der Waals surface area contributed by atoms with E-state index < -0.39 is 0 Å². The molecule has 1 saturated heterocycles. The van der Waals surface area contributed by atoms with E-state index in [0.717, 1.165) is 27.9 Å². The number of hydrogen-bond acceptors (Lipinski definition) is 5. The summed E-state index contributed by atoms with van der Waals surface area (Å²) < 4.78 is 6.09. The highest BCUT2D eigenvalue weighted by atomic mass is 32.2. The standard InChI is InChI=1S/C22H16N2O3S2/c25-20(13-15-7-3-1-4-8-15)23-24-21(26)19(29-22(24)28)14-17-11-12-18(27-17)16-9-5-2-6-10-16/h1-12,14H,13H2,(H,23,25). The average molecular weight is 421 g/mol. The van der Waals surface area contributed by atoms with Gasteiger partial charge in [-0.1, -0.05) is 72.4 Å². The predicted octanol–water partition coefficient (Wildman–Crippen LogP) is 4.42. The molecule has 0 saturated carbocycles. The van der Waals surface area contributed by atoms with Gasteiger partial charge >= 0.3 is 0 Å². The first kappa shape index (κ1) is 19.2. The number of nitrogens with zero attached hydrogens (tertiary/aromatic N) is 1. The molecule has 4 rings (SSSR count). The largest absolute Gasteiger partial charge is 0.457 e. The zero-order valence-corrected chi connectivity index (χ0v) is 16.8. The Morgan fingerprint density at radius 1 is 1.03 bits per heavy atom. The van der Waals surface area contributed by atoms with E-state index in [1.54, 1.807) is 12.1 Å². The van der Waals surface area contributed by atoms with Crippen LogP contribution in [0.2, 0.25) is 0 Å². The molecule has 144 valence electrons. The zero-order chi connectivity index (χ0) is 20.2. The van der Waals surface area contributed by atoms with Crippen LogP contribution >= 0.6 is 24.0 Å². The van der Waals surface area contributed by atoms with Gasteiger partial charge in [0.2, 0.25) is 5.91 Å². The van der Waals surface area contributed by atoms with Crippen LogP contribution in [0.15, 0.2) is 82.1 Å². The molecule has 2 heterocycles. The minimum Gasteiger partial charge on any atom is -0.457 e. The van der Waals surface area contributed by atoms with Crippen molar-refractivity contribution in [3.63, 3.8) is 0 Å². The molecule has 1 aliphatic heterocycles. The summed E-state index contributed by atoms with van der Waals surface area (Å²) in [7, 11) is 0. The van der Waals surface area contributed by atoms with Crippen LogP contribution < -0.4 is 5.43 Å². The first-order valence-corrected chi connectivity index (χ1v) is 10.1. The van der Waals surface area contributed by atoms with Crippen molar-refractivity contribution in [1.82, 2.24) is 10.4 Å². The van der Waals surface area contributed by atoms with E-state index in [0.29, 0.717) is 16.4 Å². The maximum absolute atomic E-state index is 12.7. The lowest BCUT2D eigenvalue weighted by molar-refractivity contribution is -0.132. The molecule has 0 spiro atoms. The van der Waals surface area contributed by atoms with Crippen molar-refractivity contribution >= 4 is 46.2 Å². The van der Waals surface area contributed by atoms with Crippen molar-refractivity contribution in [1.29, 1.82) is 0 Å². The number of hydrazine groups is 1. The number of benzene rings is 2. The summed E-state index contributed by atoms with van der Waals surface area (Å²) >= 11 is 6.38. The van der Waals surface area contributed by atoms with E-state index in [-0.39, 0.29) is 22.6 Å². The SMILES string of the molecule is O=C(Cc1ccccc1)NN1C(=O)C(=Cc2ccc(-c3ccccc3)o2)SC1=S. The number of amides is 2. The normalized spacial score (nSPS) is 15.2. The topological polar surface area (TPSA) is 62.6 Å². The molecule has 2 aromatic carbocycles. The van der Waals surface area contributed by atoms with Crippen molar-refractivity contribution in [3.8, 4) is 11.3 Å². The summed E-state index contributed by atoms with van der Waals surface area (Å²) in [6, 6.07) is 22.6. The third-order valence-electron chi connectivity index (χ3n) is 4.20. The highest BCUT2D eigenvalue weighted by molar-refractivity contribution is 8.26. The van der Waals surface area contributed by atoms with Crippen molar-refractivity contribution < 1.29 is 14.0 Å². The van der Waals surface area contributed by atoms with Gasteiger partial charge < -0.3 is 4.42 Å². The lowest BCUT2D eigenvalue weighted by atomic mass is 10.1. The highest BCUT2D eigenvalue weighted by Crippen LogP contribution is 2.32. The van der Waals surface area contributed by atoms with Gasteiger partial charge in [-0.3, -0.25) is 15.0 Å². The van der Waals surface area contributed by atoms with Crippen molar-refractivity contribution in [2.45, 2.75) is 6.42 Å². The van der Waals surface area contributed by atoms with E-state index >= 15 is 0 Å². The second-order valence-electron chi connectivity index (χ2n) is 6.28. The summed E-state index contributed by atoms with van der Waals surface area (Å²) in [5.74, 6) is 0.570. The Balaban J connectivity index is 1.45. The van der Waals surface area contributed by atoms with E-state index in [4.69, 9.17) is 16.6 Å². The number of carbonyl (C=O) groups excluding carboxylic acids is 2. The fourth-order valence-electron chi connectivity index (χ4n) is 2.83. The third kappa shape index (κ3) is 4.47. The summed E-state index contributed by atoms with van der Waals surface area (Å²) in [5, 5.41) is 1.11. The smallest absolute Gasteiger partial charge is 0.285 e.